The first kappa shape index (κ1) is 14.6. The first-order valence-corrected chi connectivity index (χ1v) is 6.24. The molecule has 0 aliphatic carbocycles. The third-order valence-electron chi connectivity index (χ3n) is 2.66. The molecule has 0 aliphatic heterocycles. The Bertz CT molecular complexity index is 363. The Labute approximate surface area is 108 Å². The Morgan fingerprint density at radius 3 is 2.56 bits per heavy atom. The molecule has 0 bridgehead atoms. The molecule has 0 unspecified atom stereocenters. The SMILES string of the molecule is CN(C)CCNC(=O)CCCc1ccc(F)cc1. The number of carbonyl (C=O) groups excluding carboxylic acids is 1. The number of likely N-dealkylation sites (N-methyl/N-ethyl adjacent to an activating group) is 1. The van der Waals surface area contributed by atoms with Crippen molar-refractivity contribution in [3.63, 3.8) is 0 Å². The van der Waals surface area contributed by atoms with Gasteiger partial charge in [-0.05, 0) is 44.6 Å². The van der Waals surface area contributed by atoms with Crippen molar-refractivity contribution < 1.29 is 9.18 Å². The van der Waals surface area contributed by atoms with Crippen LogP contribution >= 0.6 is 0 Å². The molecule has 0 saturated heterocycles. The molecule has 1 N–H and O–H groups in total. The Kier molecular flexibility index (Phi) is 6.36. The Morgan fingerprint density at radius 1 is 1.28 bits per heavy atom. The van der Waals surface area contributed by atoms with Crippen molar-refractivity contribution in [1.82, 2.24) is 10.2 Å². The fourth-order valence-electron chi connectivity index (χ4n) is 1.61. The second-order valence-electron chi connectivity index (χ2n) is 4.63. The molecule has 4 heteroatoms. The van der Waals surface area contributed by atoms with Gasteiger partial charge >= 0.3 is 0 Å². The minimum absolute atomic E-state index is 0.0824. The second-order valence-corrected chi connectivity index (χ2v) is 4.63. The second kappa shape index (κ2) is 7.82. The van der Waals surface area contributed by atoms with E-state index in [1.807, 2.05) is 19.0 Å². The quantitative estimate of drug-likeness (QED) is 0.803. The van der Waals surface area contributed by atoms with Crippen LogP contribution in [-0.4, -0.2) is 38.0 Å². The van der Waals surface area contributed by atoms with Gasteiger partial charge in [-0.1, -0.05) is 12.1 Å². The van der Waals surface area contributed by atoms with Gasteiger partial charge in [0, 0.05) is 19.5 Å². The summed E-state index contributed by atoms with van der Waals surface area (Å²) in [6.07, 6.45) is 2.12. The van der Waals surface area contributed by atoms with Gasteiger partial charge < -0.3 is 10.2 Å². The number of rotatable bonds is 7. The van der Waals surface area contributed by atoms with Crippen molar-refractivity contribution in [2.45, 2.75) is 19.3 Å². The largest absolute Gasteiger partial charge is 0.355 e. The highest BCUT2D eigenvalue weighted by atomic mass is 19.1. The number of hydrogen-bond donors (Lipinski definition) is 1. The van der Waals surface area contributed by atoms with Crippen LogP contribution in [0.4, 0.5) is 4.39 Å². The van der Waals surface area contributed by atoms with Crippen LogP contribution in [0.5, 0.6) is 0 Å². The zero-order chi connectivity index (χ0) is 13.4. The molecule has 0 heterocycles. The predicted octanol–water partition coefficient (Wildman–Crippen LogP) is 1.83. The first-order chi connectivity index (χ1) is 8.58. The topological polar surface area (TPSA) is 32.3 Å². The van der Waals surface area contributed by atoms with E-state index in [0.717, 1.165) is 24.9 Å². The zero-order valence-corrected chi connectivity index (χ0v) is 11.1. The summed E-state index contributed by atoms with van der Waals surface area (Å²) < 4.78 is 12.7. The van der Waals surface area contributed by atoms with Crippen LogP contribution in [0.3, 0.4) is 0 Å². The Balaban J connectivity index is 2.13. The molecule has 0 atom stereocenters. The number of amides is 1. The molecule has 0 spiro atoms. The summed E-state index contributed by atoms with van der Waals surface area (Å²) in [5, 5.41) is 2.87. The smallest absolute Gasteiger partial charge is 0.220 e. The van der Waals surface area contributed by atoms with Crippen molar-refractivity contribution in [2.75, 3.05) is 27.2 Å². The number of aryl methyl sites for hydroxylation is 1. The predicted molar refractivity (Wildman–Crippen MR) is 70.9 cm³/mol. The molecule has 0 fully saturated rings. The maximum Gasteiger partial charge on any atom is 0.220 e. The van der Waals surface area contributed by atoms with E-state index in [1.54, 1.807) is 12.1 Å². The summed E-state index contributed by atoms with van der Waals surface area (Å²) in [7, 11) is 3.95. The van der Waals surface area contributed by atoms with E-state index in [-0.39, 0.29) is 11.7 Å². The Morgan fingerprint density at radius 2 is 1.94 bits per heavy atom. The van der Waals surface area contributed by atoms with Crippen LogP contribution in [0.2, 0.25) is 0 Å². The zero-order valence-electron chi connectivity index (χ0n) is 11.1. The summed E-state index contributed by atoms with van der Waals surface area (Å²) in [6.45, 7) is 1.53. The molecule has 1 aromatic rings. The molecule has 0 aromatic heterocycles. The molecular weight excluding hydrogens is 231 g/mol. The van der Waals surface area contributed by atoms with Gasteiger partial charge in [0.15, 0.2) is 0 Å². The van der Waals surface area contributed by atoms with Crippen LogP contribution in [-0.2, 0) is 11.2 Å². The lowest BCUT2D eigenvalue weighted by Gasteiger charge is -2.10. The highest BCUT2D eigenvalue weighted by Crippen LogP contribution is 2.06. The van der Waals surface area contributed by atoms with Gasteiger partial charge in [-0.3, -0.25) is 4.79 Å². The average molecular weight is 252 g/mol. The highest BCUT2D eigenvalue weighted by Gasteiger charge is 2.01. The van der Waals surface area contributed by atoms with Gasteiger partial charge in [0.1, 0.15) is 5.82 Å². The van der Waals surface area contributed by atoms with Gasteiger partial charge in [-0.15, -0.1) is 0 Å². The van der Waals surface area contributed by atoms with Crippen LogP contribution in [0.15, 0.2) is 24.3 Å². The van der Waals surface area contributed by atoms with Gasteiger partial charge in [-0.25, -0.2) is 4.39 Å². The van der Waals surface area contributed by atoms with E-state index in [0.29, 0.717) is 13.0 Å². The van der Waals surface area contributed by atoms with Crippen LogP contribution in [0.1, 0.15) is 18.4 Å². The van der Waals surface area contributed by atoms with Gasteiger partial charge in [0.25, 0.3) is 0 Å². The lowest BCUT2D eigenvalue weighted by Crippen LogP contribution is -2.31. The molecule has 100 valence electrons. The van der Waals surface area contributed by atoms with E-state index >= 15 is 0 Å². The number of halogens is 1. The standard InChI is InChI=1S/C14H21FN2O/c1-17(2)11-10-16-14(18)5-3-4-12-6-8-13(15)9-7-12/h6-9H,3-5,10-11H2,1-2H3,(H,16,18). The normalized spacial score (nSPS) is 10.7. The fourth-order valence-corrected chi connectivity index (χ4v) is 1.61. The summed E-state index contributed by atoms with van der Waals surface area (Å²) in [6, 6.07) is 6.43. The van der Waals surface area contributed by atoms with E-state index in [9.17, 15) is 9.18 Å². The number of nitrogens with one attached hydrogen (secondary N) is 1. The summed E-state index contributed by atoms with van der Waals surface area (Å²) in [5.74, 6) is -0.140. The van der Waals surface area contributed by atoms with Gasteiger partial charge in [0.2, 0.25) is 5.91 Å². The lowest BCUT2D eigenvalue weighted by molar-refractivity contribution is -0.121. The highest BCUT2D eigenvalue weighted by molar-refractivity contribution is 5.75. The van der Waals surface area contributed by atoms with Crippen molar-refractivity contribution in [2.24, 2.45) is 0 Å². The van der Waals surface area contributed by atoms with Gasteiger partial charge in [-0.2, -0.15) is 0 Å². The van der Waals surface area contributed by atoms with E-state index in [1.165, 1.54) is 12.1 Å². The molecule has 3 nitrogen and oxygen atoms in total. The van der Waals surface area contributed by atoms with Crippen LogP contribution in [0.25, 0.3) is 0 Å². The minimum atomic E-state index is -0.222. The number of nitrogens with zero attached hydrogens (tertiary/aromatic N) is 1. The molecule has 18 heavy (non-hydrogen) atoms. The number of hydrogen-bond acceptors (Lipinski definition) is 2. The first-order valence-electron chi connectivity index (χ1n) is 6.24. The fraction of sp³-hybridized carbons (Fsp3) is 0.500. The third-order valence-corrected chi connectivity index (χ3v) is 2.66. The maximum absolute atomic E-state index is 12.7. The molecule has 0 saturated carbocycles. The van der Waals surface area contributed by atoms with Crippen LogP contribution in [0, 0.1) is 5.82 Å². The lowest BCUT2D eigenvalue weighted by atomic mass is 10.1. The monoisotopic (exact) mass is 252 g/mol. The Hall–Kier alpha value is -1.42. The van der Waals surface area contributed by atoms with E-state index < -0.39 is 0 Å². The molecule has 1 rings (SSSR count). The third kappa shape index (κ3) is 6.35. The van der Waals surface area contributed by atoms with Crippen molar-refractivity contribution in [1.29, 1.82) is 0 Å². The van der Waals surface area contributed by atoms with Crippen molar-refractivity contribution in [3.8, 4) is 0 Å². The van der Waals surface area contributed by atoms with E-state index in [4.69, 9.17) is 0 Å². The number of carbonyl (C=O) groups is 1. The number of benzene rings is 1. The molecule has 1 amide bonds. The van der Waals surface area contributed by atoms with Crippen molar-refractivity contribution in [3.05, 3.63) is 35.6 Å². The van der Waals surface area contributed by atoms with Gasteiger partial charge in [0.05, 0.1) is 0 Å². The van der Waals surface area contributed by atoms with Crippen molar-refractivity contribution >= 4 is 5.91 Å². The summed E-state index contributed by atoms with van der Waals surface area (Å²) in [5.41, 5.74) is 1.07. The molecular formula is C14H21FN2O. The summed E-state index contributed by atoms with van der Waals surface area (Å²) >= 11 is 0. The summed E-state index contributed by atoms with van der Waals surface area (Å²) in [4.78, 5) is 13.5. The van der Waals surface area contributed by atoms with E-state index in [2.05, 4.69) is 5.32 Å². The minimum Gasteiger partial charge on any atom is -0.355 e. The molecule has 0 aliphatic rings. The molecule has 1 aromatic carbocycles. The van der Waals surface area contributed by atoms with Crippen LogP contribution < -0.4 is 5.32 Å². The maximum atomic E-state index is 12.7. The average Bonchev–Trinajstić information content (AvgIpc) is 2.31. The molecule has 0 radical (unpaired) electrons.